The molecule has 5 nitrogen and oxygen atoms in total. The van der Waals surface area contributed by atoms with Gasteiger partial charge < -0.3 is 15.6 Å². The van der Waals surface area contributed by atoms with Crippen molar-refractivity contribution in [3.63, 3.8) is 0 Å². The Bertz CT molecular complexity index is 957. The predicted octanol–water partition coefficient (Wildman–Crippen LogP) is 4.39. The van der Waals surface area contributed by atoms with Crippen LogP contribution in [0.2, 0.25) is 0 Å². The van der Waals surface area contributed by atoms with Gasteiger partial charge in [0.15, 0.2) is 0 Å². The van der Waals surface area contributed by atoms with Crippen LogP contribution in [0, 0.1) is 13.8 Å². The fourth-order valence-corrected chi connectivity index (χ4v) is 2.84. The largest absolute Gasteiger partial charge is 0.351 e. The molecule has 2 aromatic carbocycles. The van der Waals surface area contributed by atoms with Crippen molar-refractivity contribution in [3.8, 4) is 0 Å². The van der Waals surface area contributed by atoms with E-state index in [1.807, 2.05) is 26.0 Å². The number of benzene rings is 2. The molecule has 5 heteroatoms. The summed E-state index contributed by atoms with van der Waals surface area (Å²) in [7, 11) is 0. The zero-order valence-electron chi connectivity index (χ0n) is 14.6. The van der Waals surface area contributed by atoms with E-state index in [4.69, 9.17) is 0 Å². The van der Waals surface area contributed by atoms with Gasteiger partial charge in [0.2, 0.25) is 5.91 Å². The van der Waals surface area contributed by atoms with Crippen molar-refractivity contribution in [1.82, 2.24) is 4.98 Å². The van der Waals surface area contributed by atoms with E-state index in [2.05, 4.69) is 21.7 Å². The van der Waals surface area contributed by atoms with Crippen molar-refractivity contribution in [2.45, 2.75) is 27.2 Å². The molecule has 128 valence electrons. The number of carbonyl (C=O) groups excluding carboxylic acids is 2. The minimum Gasteiger partial charge on any atom is -0.351 e. The van der Waals surface area contributed by atoms with Crippen LogP contribution in [0.3, 0.4) is 0 Å². The number of rotatable bonds is 4. The lowest BCUT2D eigenvalue weighted by molar-refractivity contribution is -0.115. The Morgan fingerprint density at radius 3 is 2.44 bits per heavy atom. The average Bonchev–Trinajstić information content (AvgIpc) is 2.99. The first-order valence-electron chi connectivity index (χ1n) is 8.27. The van der Waals surface area contributed by atoms with Crippen LogP contribution in [-0.4, -0.2) is 16.8 Å². The van der Waals surface area contributed by atoms with Crippen molar-refractivity contribution in [3.05, 3.63) is 59.3 Å². The summed E-state index contributed by atoms with van der Waals surface area (Å²) in [5.74, 6) is -0.280. The summed E-state index contributed by atoms with van der Waals surface area (Å²) in [5, 5.41) is 6.69. The number of hydrogen-bond acceptors (Lipinski definition) is 2. The summed E-state index contributed by atoms with van der Waals surface area (Å²) in [4.78, 5) is 27.2. The number of aromatic amines is 1. The van der Waals surface area contributed by atoms with Gasteiger partial charge in [-0.05, 0) is 55.3 Å². The number of amides is 2. The average molecular weight is 335 g/mol. The maximum Gasteiger partial charge on any atom is 0.272 e. The van der Waals surface area contributed by atoms with Gasteiger partial charge in [0.1, 0.15) is 5.69 Å². The predicted molar refractivity (Wildman–Crippen MR) is 101 cm³/mol. The van der Waals surface area contributed by atoms with E-state index in [0.717, 1.165) is 22.0 Å². The van der Waals surface area contributed by atoms with Crippen molar-refractivity contribution in [2.75, 3.05) is 10.6 Å². The monoisotopic (exact) mass is 335 g/mol. The minimum atomic E-state index is -0.216. The third-order valence-electron chi connectivity index (χ3n) is 4.06. The number of aromatic nitrogens is 1. The molecule has 3 aromatic rings. The second kappa shape index (κ2) is 6.81. The van der Waals surface area contributed by atoms with Crippen LogP contribution in [0.15, 0.2) is 42.5 Å². The van der Waals surface area contributed by atoms with Crippen LogP contribution in [0.25, 0.3) is 10.9 Å². The molecule has 3 rings (SSSR count). The van der Waals surface area contributed by atoms with Crippen molar-refractivity contribution >= 4 is 34.1 Å². The van der Waals surface area contributed by atoms with E-state index in [-0.39, 0.29) is 11.8 Å². The fraction of sp³-hybridized carbons (Fsp3) is 0.200. The van der Waals surface area contributed by atoms with Crippen molar-refractivity contribution < 1.29 is 9.59 Å². The number of anilines is 2. The molecule has 25 heavy (non-hydrogen) atoms. The maximum atomic E-state index is 12.5. The minimum absolute atomic E-state index is 0.0649. The zero-order valence-corrected chi connectivity index (χ0v) is 14.6. The molecule has 3 N–H and O–H groups in total. The van der Waals surface area contributed by atoms with Gasteiger partial charge in [-0.15, -0.1) is 0 Å². The van der Waals surface area contributed by atoms with E-state index in [1.165, 1.54) is 0 Å². The first kappa shape index (κ1) is 16.8. The normalized spacial score (nSPS) is 10.7. The summed E-state index contributed by atoms with van der Waals surface area (Å²) in [5.41, 5.74) is 5.03. The molecule has 0 atom stereocenters. The molecule has 0 saturated heterocycles. The Kier molecular flexibility index (Phi) is 4.57. The van der Waals surface area contributed by atoms with E-state index in [9.17, 15) is 9.59 Å². The van der Waals surface area contributed by atoms with Crippen LogP contribution in [-0.2, 0) is 4.79 Å². The third kappa shape index (κ3) is 3.71. The molecule has 0 aliphatic carbocycles. The lowest BCUT2D eigenvalue weighted by Gasteiger charge is -2.07. The molecule has 0 radical (unpaired) electrons. The topological polar surface area (TPSA) is 74.0 Å². The van der Waals surface area contributed by atoms with Gasteiger partial charge in [0.05, 0.1) is 0 Å². The zero-order chi connectivity index (χ0) is 18.0. The summed E-state index contributed by atoms with van der Waals surface area (Å²) in [6.07, 6.45) is 0.407. The number of nitrogens with one attached hydrogen (secondary N) is 3. The summed E-state index contributed by atoms with van der Waals surface area (Å²) in [6.45, 7) is 5.86. The van der Waals surface area contributed by atoms with Crippen molar-refractivity contribution in [1.29, 1.82) is 0 Å². The molecule has 0 saturated carbocycles. The lowest BCUT2D eigenvalue weighted by Crippen LogP contribution is -2.13. The van der Waals surface area contributed by atoms with E-state index in [1.54, 1.807) is 31.2 Å². The highest BCUT2D eigenvalue weighted by atomic mass is 16.2. The standard InChI is InChI=1S/C20H21N3O2/c1-4-19(24)21-14-6-5-7-15(10-14)22-20(25)18-11-16-13(3)8-12(2)9-17(16)23-18/h5-11,23H,4H2,1-3H3,(H,21,24)(H,22,25). The maximum absolute atomic E-state index is 12.5. The van der Waals surface area contributed by atoms with Crippen LogP contribution in [0.1, 0.15) is 35.0 Å². The number of carbonyl (C=O) groups is 2. The second-order valence-electron chi connectivity index (χ2n) is 6.16. The quantitative estimate of drug-likeness (QED) is 0.662. The van der Waals surface area contributed by atoms with Gasteiger partial charge in [-0.2, -0.15) is 0 Å². The van der Waals surface area contributed by atoms with Crippen LogP contribution >= 0.6 is 0 Å². The number of H-pyrrole nitrogens is 1. The number of aryl methyl sites for hydroxylation is 2. The Morgan fingerprint density at radius 1 is 1.00 bits per heavy atom. The number of fused-ring (bicyclic) bond motifs is 1. The summed E-state index contributed by atoms with van der Waals surface area (Å²) in [6, 6.07) is 13.1. The Balaban J connectivity index is 1.81. The summed E-state index contributed by atoms with van der Waals surface area (Å²) >= 11 is 0. The van der Waals surface area contributed by atoms with Gasteiger partial charge >= 0.3 is 0 Å². The van der Waals surface area contributed by atoms with Gasteiger partial charge in [-0.1, -0.05) is 19.1 Å². The first-order chi connectivity index (χ1) is 12.0. The highest BCUT2D eigenvalue weighted by Crippen LogP contribution is 2.22. The molecule has 1 aromatic heterocycles. The Labute approximate surface area is 146 Å². The summed E-state index contributed by atoms with van der Waals surface area (Å²) < 4.78 is 0. The fourth-order valence-electron chi connectivity index (χ4n) is 2.84. The molecular formula is C20H21N3O2. The van der Waals surface area contributed by atoms with Gasteiger partial charge in [-0.3, -0.25) is 9.59 Å². The van der Waals surface area contributed by atoms with Crippen molar-refractivity contribution in [2.24, 2.45) is 0 Å². The van der Waals surface area contributed by atoms with Crippen LogP contribution in [0.5, 0.6) is 0 Å². The van der Waals surface area contributed by atoms with E-state index in [0.29, 0.717) is 23.5 Å². The first-order valence-corrected chi connectivity index (χ1v) is 8.27. The highest BCUT2D eigenvalue weighted by molar-refractivity contribution is 6.06. The third-order valence-corrected chi connectivity index (χ3v) is 4.06. The molecule has 0 bridgehead atoms. The molecule has 1 heterocycles. The molecular weight excluding hydrogens is 314 g/mol. The Morgan fingerprint density at radius 2 is 1.72 bits per heavy atom. The molecule has 0 unspecified atom stereocenters. The number of hydrogen-bond donors (Lipinski definition) is 3. The lowest BCUT2D eigenvalue weighted by atomic mass is 10.1. The van der Waals surface area contributed by atoms with E-state index < -0.39 is 0 Å². The molecule has 0 aliphatic rings. The highest BCUT2D eigenvalue weighted by Gasteiger charge is 2.12. The van der Waals surface area contributed by atoms with Crippen LogP contribution in [0.4, 0.5) is 11.4 Å². The molecule has 0 aliphatic heterocycles. The van der Waals surface area contributed by atoms with Crippen LogP contribution < -0.4 is 10.6 Å². The second-order valence-corrected chi connectivity index (χ2v) is 6.16. The molecule has 0 fully saturated rings. The Hall–Kier alpha value is -3.08. The van der Waals surface area contributed by atoms with E-state index >= 15 is 0 Å². The van der Waals surface area contributed by atoms with Gasteiger partial charge in [-0.25, -0.2) is 0 Å². The molecule has 0 spiro atoms. The molecule has 2 amide bonds. The SMILES string of the molecule is CCC(=O)Nc1cccc(NC(=O)c2cc3c(C)cc(C)cc3[nH]2)c1. The van der Waals surface area contributed by atoms with Gasteiger partial charge in [0, 0.05) is 28.7 Å². The smallest absolute Gasteiger partial charge is 0.272 e. The van der Waals surface area contributed by atoms with Gasteiger partial charge in [0.25, 0.3) is 5.91 Å².